The zero-order valence-corrected chi connectivity index (χ0v) is 12.6. The molecule has 0 heterocycles. The van der Waals surface area contributed by atoms with E-state index in [2.05, 4.69) is 40.0 Å². The fraction of sp³-hybridized carbons (Fsp3) is 0.188. The molecule has 98 valence electrons. The molecule has 0 spiro atoms. The van der Waals surface area contributed by atoms with Crippen molar-refractivity contribution >= 4 is 27.9 Å². The molecule has 2 aromatic carbocycles. The molecule has 2 aromatic rings. The van der Waals surface area contributed by atoms with E-state index >= 15 is 0 Å². The number of benzene rings is 2. The van der Waals surface area contributed by atoms with Crippen LogP contribution in [0.2, 0.25) is 0 Å². The van der Waals surface area contributed by atoms with Crippen LogP contribution in [0.15, 0.2) is 46.9 Å². The van der Waals surface area contributed by atoms with Gasteiger partial charge in [0, 0.05) is 29.3 Å². The summed E-state index contributed by atoms with van der Waals surface area (Å²) in [5, 5.41) is 0. The molecule has 0 aromatic heterocycles. The summed E-state index contributed by atoms with van der Waals surface area (Å²) >= 11 is 3.48. The van der Waals surface area contributed by atoms with E-state index in [1.165, 1.54) is 5.56 Å². The summed E-state index contributed by atoms with van der Waals surface area (Å²) < 4.78 is 1.09. The fourth-order valence-electron chi connectivity index (χ4n) is 2.17. The Morgan fingerprint density at radius 2 is 2.00 bits per heavy atom. The summed E-state index contributed by atoms with van der Waals surface area (Å²) in [5.41, 5.74) is 4.22. The van der Waals surface area contributed by atoms with Gasteiger partial charge in [0.25, 0.3) is 0 Å². The SMILES string of the molecule is Cc1cc(C=O)ccc1N(C)Cc1cccc(Br)c1. The molecule has 0 atom stereocenters. The van der Waals surface area contributed by atoms with Crippen molar-refractivity contribution in [3.8, 4) is 0 Å². The van der Waals surface area contributed by atoms with E-state index in [9.17, 15) is 4.79 Å². The van der Waals surface area contributed by atoms with Gasteiger partial charge in [0.1, 0.15) is 6.29 Å². The first-order valence-corrected chi connectivity index (χ1v) is 6.91. The molecule has 0 aliphatic carbocycles. The van der Waals surface area contributed by atoms with Crippen molar-refractivity contribution in [2.24, 2.45) is 0 Å². The third kappa shape index (κ3) is 3.44. The van der Waals surface area contributed by atoms with Gasteiger partial charge in [-0.1, -0.05) is 28.1 Å². The molecule has 2 nitrogen and oxygen atoms in total. The summed E-state index contributed by atoms with van der Waals surface area (Å²) in [6, 6.07) is 14.1. The van der Waals surface area contributed by atoms with Crippen molar-refractivity contribution in [1.82, 2.24) is 0 Å². The van der Waals surface area contributed by atoms with Crippen molar-refractivity contribution in [3.63, 3.8) is 0 Å². The van der Waals surface area contributed by atoms with Crippen molar-refractivity contribution < 1.29 is 4.79 Å². The highest BCUT2D eigenvalue weighted by Crippen LogP contribution is 2.22. The van der Waals surface area contributed by atoms with Crippen LogP contribution in [0, 0.1) is 6.92 Å². The topological polar surface area (TPSA) is 20.3 Å². The van der Waals surface area contributed by atoms with Crippen molar-refractivity contribution in [2.75, 3.05) is 11.9 Å². The molecular formula is C16H16BrNO. The van der Waals surface area contributed by atoms with Crippen LogP contribution < -0.4 is 4.90 Å². The summed E-state index contributed by atoms with van der Waals surface area (Å²) in [4.78, 5) is 12.9. The molecule has 0 bridgehead atoms. The second kappa shape index (κ2) is 6.02. The van der Waals surface area contributed by atoms with Crippen LogP contribution in [0.1, 0.15) is 21.5 Å². The van der Waals surface area contributed by atoms with Crippen LogP contribution in [0.5, 0.6) is 0 Å². The van der Waals surface area contributed by atoms with E-state index < -0.39 is 0 Å². The Morgan fingerprint density at radius 3 is 2.63 bits per heavy atom. The molecule has 0 amide bonds. The van der Waals surface area contributed by atoms with Crippen LogP contribution in [-0.4, -0.2) is 13.3 Å². The van der Waals surface area contributed by atoms with Crippen LogP contribution in [0.4, 0.5) is 5.69 Å². The predicted octanol–water partition coefficient (Wildman–Crippen LogP) is 4.21. The minimum atomic E-state index is 0.720. The van der Waals surface area contributed by atoms with E-state index in [0.717, 1.165) is 34.1 Å². The van der Waals surface area contributed by atoms with E-state index in [0.29, 0.717) is 0 Å². The lowest BCUT2D eigenvalue weighted by molar-refractivity contribution is 0.112. The fourth-order valence-corrected chi connectivity index (χ4v) is 2.62. The highest BCUT2D eigenvalue weighted by molar-refractivity contribution is 9.10. The number of hydrogen-bond donors (Lipinski definition) is 0. The molecule has 0 N–H and O–H groups in total. The number of hydrogen-bond acceptors (Lipinski definition) is 2. The maximum Gasteiger partial charge on any atom is 0.150 e. The Balaban J connectivity index is 2.20. The van der Waals surface area contributed by atoms with Crippen LogP contribution in [-0.2, 0) is 6.54 Å². The lowest BCUT2D eigenvalue weighted by Crippen LogP contribution is -2.17. The van der Waals surface area contributed by atoms with Crippen LogP contribution in [0.25, 0.3) is 0 Å². The van der Waals surface area contributed by atoms with Crippen molar-refractivity contribution in [2.45, 2.75) is 13.5 Å². The third-order valence-electron chi connectivity index (χ3n) is 3.08. The monoisotopic (exact) mass is 317 g/mol. The Kier molecular flexibility index (Phi) is 4.38. The van der Waals surface area contributed by atoms with Gasteiger partial charge in [0.15, 0.2) is 0 Å². The Labute approximate surface area is 122 Å². The van der Waals surface area contributed by atoms with Crippen LogP contribution in [0.3, 0.4) is 0 Å². The molecule has 2 rings (SSSR count). The number of rotatable bonds is 4. The van der Waals surface area contributed by atoms with Gasteiger partial charge >= 0.3 is 0 Å². The number of carbonyl (C=O) groups excluding carboxylic acids is 1. The first-order chi connectivity index (χ1) is 9.10. The zero-order valence-electron chi connectivity index (χ0n) is 11.1. The van der Waals surface area contributed by atoms with Gasteiger partial charge in [-0.3, -0.25) is 4.79 Å². The van der Waals surface area contributed by atoms with E-state index in [4.69, 9.17) is 0 Å². The molecule has 0 unspecified atom stereocenters. The average Bonchev–Trinajstić information content (AvgIpc) is 2.38. The predicted molar refractivity (Wildman–Crippen MR) is 82.8 cm³/mol. The average molecular weight is 318 g/mol. The minimum Gasteiger partial charge on any atom is -0.370 e. The maximum absolute atomic E-state index is 10.7. The third-order valence-corrected chi connectivity index (χ3v) is 3.57. The first kappa shape index (κ1) is 13.8. The smallest absolute Gasteiger partial charge is 0.150 e. The molecule has 19 heavy (non-hydrogen) atoms. The van der Waals surface area contributed by atoms with Gasteiger partial charge in [-0.05, 0) is 48.4 Å². The molecule has 0 aliphatic rings. The molecule has 0 radical (unpaired) electrons. The Hall–Kier alpha value is -1.61. The number of nitrogens with zero attached hydrogens (tertiary/aromatic N) is 1. The standard InChI is InChI=1S/C16H16BrNO/c1-12-8-14(11-19)6-7-16(12)18(2)10-13-4-3-5-15(17)9-13/h3-9,11H,10H2,1-2H3. The number of aryl methyl sites for hydroxylation is 1. The van der Waals surface area contributed by atoms with Crippen molar-refractivity contribution in [3.05, 3.63) is 63.6 Å². The summed E-state index contributed by atoms with van der Waals surface area (Å²) in [6.07, 6.45) is 0.880. The maximum atomic E-state index is 10.7. The molecule has 3 heteroatoms. The highest BCUT2D eigenvalue weighted by atomic mass is 79.9. The number of anilines is 1. The lowest BCUT2D eigenvalue weighted by atomic mass is 10.1. The summed E-state index contributed by atoms with van der Waals surface area (Å²) in [6.45, 7) is 2.86. The molecule has 0 saturated carbocycles. The quantitative estimate of drug-likeness (QED) is 0.787. The molecule has 0 fully saturated rings. The Bertz CT molecular complexity index is 595. The van der Waals surface area contributed by atoms with Crippen molar-refractivity contribution in [1.29, 1.82) is 0 Å². The lowest BCUT2D eigenvalue weighted by Gasteiger charge is -2.22. The number of carbonyl (C=O) groups is 1. The second-order valence-corrected chi connectivity index (χ2v) is 5.57. The normalized spacial score (nSPS) is 10.3. The molecular weight excluding hydrogens is 302 g/mol. The molecule has 0 aliphatic heterocycles. The number of halogens is 1. The van der Waals surface area contributed by atoms with Gasteiger partial charge in [0.2, 0.25) is 0 Å². The second-order valence-electron chi connectivity index (χ2n) is 4.65. The van der Waals surface area contributed by atoms with Gasteiger partial charge in [0.05, 0.1) is 0 Å². The Morgan fingerprint density at radius 1 is 1.21 bits per heavy atom. The molecule has 0 saturated heterocycles. The first-order valence-electron chi connectivity index (χ1n) is 6.11. The summed E-state index contributed by atoms with van der Waals surface area (Å²) in [5.74, 6) is 0. The van der Waals surface area contributed by atoms with Gasteiger partial charge < -0.3 is 4.90 Å². The minimum absolute atomic E-state index is 0.720. The van der Waals surface area contributed by atoms with E-state index in [-0.39, 0.29) is 0 Å². The van der Waals surface area contributed by atoms with E-state index in [1.807, 2.05) is 37.3 Å². The van der Waals surface area contributed by atoms with Crippen LogP contribution >= 0.6 is 15.9 Å². The van der Waals surface area contributed by atoms with Gasteiger partial charge in [-0.2, -0.15) is 0 Å². The summed E-state index contributed by atoms with van der Waals surface area (Å²) in [7, 11) is 2.06. The number of aldehydes is 1. The largest absolute Gasteiger partial charge is 0.370 e. The zero-order chi connectivity index (χ0) is 13.8. The highest BCUT2D eigenvalue weighted by Gasteiger charge is 2.06. The van der Waals surface area contributed by atoms with E-state index in [1.54, 1.807) is 0 Å². The van der Waals surface area contributed by atoms with Gasteiger partial charge in [-0.15, -0.1) is 0 Å². The van der Waals surface area contributed by atoms with Gasteiger partial charge in [-0.25, -0.2) is 0 Å².